The number of likely N-dealkylation sites (N-methyl/N-ethyl adjacent to an activating group) is 2. The van der Waals surface area contributed by atoms with E-state index in [2.05, 4.69) is 10.6 Å². The molecule has 0 aromatic rings. The highest BCUT2D eigenvalue weighted by Crippen LogP contribution is 2.16. The molecule has 1 aliphatic rings. The Morgan fingerprint density at radius 1 is 1.60 bits per heavy atom. The summed E-state index contributed by atoms with van der Waals surface area (Å²) >= 11 is 0. The summed E-state index contributed by atoms with van der Waals surface area (Å²) in [7, 11) is 3.65. The second-order valence-corrected chi connectivity index (χ2v) is 3.17. The molecule has 0 spiro atoms. The summed E-state index contributed by atoms with van der Waals surface area (Å²) in [6, 6.07) is 0. The molecule has 1 atom stereocenters. The van der Waals surface area contributed by atoms with E-state index in [-0.39, 0.29) is 6.61 Å². The predicted molar refractivity (Wildman–Crippen MR) is 61.5 cm³/mol. The van der Waals surface area contributed by atoms with Gasteiger partial charge in [0.1, 0.15) is 6.29 Å². The SMILES string of the molecule is CCO.CNC1=CCC(C=O)(NC)C=C1. The molecular weight excluding hydrogens is 192 g/mol. The Morgan fingerprint density at radius 3 is 2.47 bits per heavy atom. The van der Waals surface area contributed by atoms with Crippen LogP contribution in [-0.2, 0) is 4.79 Å². The first-order valence-corrected chi connectivity index (χ1v) is 5.01. The maximum absolute atomic E-state index is 10.7. The summed E-state index contributed by atoms with van der Waals surface area (Å²) in [4.78, 5) is 10.7. The van der Waals surface area contributed by atoms with Crippen LogP contribution in [0.3, 0.4) is 0 Å². The third-order valence-electron chi connectivity index (χ3n) is 2.18. The standard InChI is InChI=1S/C9H14N2O.C2H6O/c1-10-8-3-5-9(7-12,11-2)6-4-8;1-2-3/h3-5,7,10-11H,6H2,1-2H3;3H,2H2,1H3. The van der Waals surface area contributed by atoms with E-state index in [9.17, 15) is 4.79 Å². The topological polar surface area (TPSA) is 61.4 Å². The maximum Gasteiger partial charge on any atom is 0.144 e. The van der Waals surface area contributed by atoms with Gasteiger partial charge in [0.15, 0.2) is 0 Å². The second kappa shape index (κ2) is 7.20. The number of hydrogen-bond donors (Lipinski definition) is 3. The molecule has 0 saturated carbocycles. The first-order valence-electron chi connectivity index (χ1n) is 5.01. The van der Waals surface area contributed by atoms with Crippen LogP contribution in [-0.4, -0.2) is 37.6 Å². The zero-order valence-electron chi connectivity index (χ0n) is 9.58. The molecule has 1 rings (SSSR count). The minimum atomic E-state index is -0.486. The minimum Gasteiger partial charge on any atom is -0.397 e. The van der Waals surface area contributed by atoms with Crippen molar-refractivity contribution in [2.45, 2.75) is 18.9 Å². The molecular formula is C11H20N2O2. The van der Waals surface area contributed by atoms with Gasteiger partial charge in [0.05, 0.1) is 5.54 Å². The van der Waals surface area contributed by atoms with Gasteiger partial charge in [0.25, 0.3) is 0 Å². The molecule has 1 aliphatic carbocycles. The van der Waals surface area contributed by atoms with Gasteiger partial charge in [-0.2, -0.15) is 0 Å². The number of carbonyl (C=O) groups excluding carboxylic acids is 1. The van der Waals surface area contributed by atoms with Gasteiger partial charge in [-0.25, -0.2) is 0 Å². The fourth-order valence-electron chi connectivity index (χ4n) is 1.17. The zero-order chi connectivity index (χ0) is 11.7. The molecule has 0 radical (unpaired) electrons. The molecule has 0 amide bonds. The summed E-state index contributed by atoms with van der Waals surface area (Å²) in [5.74, 6) is 0. The van der Waals surface area contributed by atoms with Gasteiger partial charge in [-0.1, -0.05) is 12.2 Å². The van der Waals surface area contributed by atoms with Crippen molar-refractivity contribution in [1.82, 2.24) is 10.6 Å². The van der Waals surface area contributed by atoms with Crippen LogP contribution >= 0.6 is 0 Å². The average Bonchev–Trinajstić information content (AvgIpc) is 2.30. The predicted octanol–water partition coefficient (Wildman–Crippen LogP) is 0.205. The van der Waals surface area contributed by atoms with E-state index in [4.69, 9.17) is 5.11 Å². The first-order chi connectivity index (χ1) is 7.17. The van der Waals surface area contributed by atoms with E-state index in [1.807, 2.05) is 25.3 Å². The van der Waals surface area contributed by atoms with E-state index in [0.717, 1.165) is 12.0 Å². The Hall–Kier alpha value is -1.13. The van der Waals surface area contributed by atoms with E-state index in [0.29, 0.717) is 6.42 Å². The average molecular weight is 212 g/mol. The Kier molecular flexibility index (Phi) is 6.66. The molecule has 1 unspecified atom stereocenters. The van der Waals surface area contributed by atoms with Crippen LogP contribution in [0.5, 0.6) is 0 Å². The Bertz CT molecular complexity index is 249. The number of carbonyl (C=O) groups is 1. The quantitative estimate of drug-likeness (QED) is 0.585. The monoisotopic (exact) mass is 212 g/mol. The van der Waals surface area contributed by atoms with Gasteiger partial charge in [-0.3, -0.25) is 0 Å². The zero-order valence-corrected chi connectivity index (χ0v) is 9.58. The molecule has 4 nitrogen and oxygen atoms in total. The van der Waals surface area contributed by atoms with Crippen molar-refractivity contribution < 1.29 is 9.90 Å². The molecule has 0 fully saturated rings. The summed E-state index contributed by atoms with van der Waals surface area (Å²) in [6.45, 7) is 1.93. The highest BCUT2D eigenvalue weighted by molar-refractivity contribution is 5.69. The van der Waals surface area contributed by atoms with Gasteiger partial charge in [-0.15, -0.1) is 0 Å². The van der Waals surface area contributed by atoms with Crippen LogP contribution < -0.4 is 10.6 Å². The van der Waals surface area contributed by atoms with E-state index in [1.165, 1.54) is 0 Å². The lowest BCUT2D eigenvalue weighted by Gasteiger charge is -2.25. The van der Waals surface area contributed by atoms with Crippen molar-refractivity contribution in [1.29, 1.82) is 0 Å². The smallest absolute Gasteiger partial charge is 0.144 e. The lowest BCUT2D eigenvalue weighted by Crippen LogP contribution is -2.43. The second-order valence-electron chi connectivity index (χ2n) is 3.17. The van der Waals surface area contributed by atoms with Gasteiger partial charge in [0, 0.05) is 19.4 Å². The Balaban J connectivity index is 0.000000583. The third-order valence-corrected chi connectivity index (χ3v) is 2.18. The van der Waals surface area contributed by atoms with Crippen molar-refractivity contribution in [2.24, 2.45) is 0 Å². The highest BCUT2D eigenvalue weighted by atomic mass is 16.2. The number of nitrogens with one attached hydrogen (secondary N) is 2. The van der Waals surface area contributed by atoms with Crippen LogP contribution in [0.15, 0.2) is 23.9 Å². The number of aliphatic hydroxyl groups is 1. The molecule has 15 heavy (non-hydrogen) atoms. The van der Waals surface area contributed by atoms with Crippen LogP contribution in [0.2, 0.25) is 0 Å². The number of rotatable bonds is 3. The summed E-state index contributed by atoms with van der Waals surface area (Å²) in [6.07, 6.45) is 7.44. The molecule has 3 N–H and O–H groups in total. The minimum absolute atomic E-state index is 0.250. The number of hydrogen-bond acceptors (Lipinski definition) is 4. The summed E-state index contributed by atoms with van der Waals surface area (Å²) < 4.78 is 0. The third kappa shape index (κ3) is 4.27. The Morgan fingerprint density at radius 2 is 2.20 bits per heavy atom. The Labute approximate surface area is 91.1 Å². The lowest BCUT2D eigenvalue weighted by molar-refractivity contribution is -0.111. The maximum atomic E-state index is 10.7. The van der Waals surface area contributed by atoms with Crippen molar-refractivity contribution in [3.63, 3.8) is 0 Å². The molecule has 0 aliphatic heterocycles. The van der Waals surface area contributed by atoms with E-state index in [1.54, 1.807) is 14.0 Å². The normalized spacial score (nSPS) is 23.6. The van der Waals surface area contributed by atoms with E-state index < -0.39 is 5.54 Å². The van der Waals surface area contributed by atoms with Gasteiger partial charge < -0.3 is 20.5 Å². The summed E-state index contributed by atoms with van der Waals surface area (Å²) in [5, 5.41) is 13.6. The lowest BCUT2D eigenvalue weighted by atomic mass is 9.92. The number of aldehydes is 1. The molecule has 0 bridgehead atoms. The van der Waals surface area contributed by atoms with Crippen LogP contribution in [0.1, 0.15) is 13.3 Å². The summed E-state index contributed by atoms with van der Waals surface area (Å²) in [5.41, 5.74) is 0.572. The van der Waals surface area contributed by atoms with Gasteiger partial charge in [-0.05, 0) is 26.5 Å². The van der Waals surface area contributed by atoms with Gasteiger partial charge in [0.2, 0.25) is 0 Å². The molecule has 86 valence electrons. The van der Waals surface area contributed by atoms with Crippen LogP contribution in [0.25, 0.3) is 0 Å². The van der Waals surface area contributed by atoms with Crippen LogP contribution in [0.4, 0.5) is 0 Å². The van der Waals surface area contributed by atoms with Crippen molar-refractivity contribution in [3.05, 3.63) is 23.9 Å². The molecule has 0 aromatic carbocycles. The molecule has 0 saturated heterocycles. The largest absolute Gasteiger partial charge is 0.397 e. The van der Waals surface area contributed by atoms with Gasteiger partial charge >= 0.3 is 0 Å². The van der Waals surface area contributed by atoms with Crippen LogP contribution in [0, 0.1) is 0 Å². The van der Waals surface area contributed by atoms with Crippen molar-refractivity contribution in [3.8, 4) is 0 Å². The molecule has 0 aromatic heterocycles. The number of aliphatic hydroxyl groups excluding tert-OH is 1. The fourth-order valence-corrected chi connectivity index (χ4v) is 1.17. The fraction of sp³-hybridized carbons (Fsp3) is 0.545. The highest BCUT2D eigenvalue weighted by Gasteiger charge is 2.24. The van der Waals surface area contributed by atoms with E-state index >= 15 is 0 Å². The van der Waals surface area contributed by atoms with Crippen molar-refractivity contribution >= 4 is 6.29 Å². The number of allylic oxidation sites excluding steroid dienone is 1. The van der Waals surface area contributed by atoms with Crippen molar-refractivity contribution in [2.75, 3.05) is 20.7 Å². The molecule has 4 heteroatoms. The first kappa shape index (κ1) is 13.9. The molecule has 0 heterocycles.